The topological polar surface area (TPSA) is 29.5 Å². The average Bonchev–Trinajstić information content (AvgIpc) is 3.73. The van der Waals surface area contributed by atoms with Crippen LogP contribution in [0.2, 0.25) is 0 Å². The van der Waals surface area contributed by atoms with Crippen molar-refractivity contribution in [3.63, 3.8) is 0 Å². The lowest BCUT2D eigenvalue weighted by Gasteiger charge is -2.27. The summed E-state index contributed by atoms with van der Waals surface area (Å²) in [5.74, 6) is 0. The molecular weight excluding hydrogens is 562 g/mol. The molecular formula is C43H29NO2. The number of nitrogens with zero attached hydrogens (tertiary/aromatic N) is 1. The van der Waals surface area contributed by atoms with Crippen LogP contribution in [0.3, 0.4) is 0 Å². The Hall–Kier alpha value is -5.80. The molecule has 0 fully saturated rings. The number of hydrogen-bond acceptors (Lipinski definition) is 3. The van der Waals surface area contributed by atoms with Gasteiger partial charge in [-0.15, -0.1) is 0 Å². The Bertz CT molecular complexity index is 2690. The van der Waals surface area contributed by atoms with Crippen LogP contribution in [0.25, 0.3) is 65.8 Å². The zero-order chi connectivity index (χ0) is 30.6. The highest BCUT2D eigenvalue weighted by Gasteiger charge is 2.35. The Labute approximate surface area is 265 Å². The van der Waals surface area contributed by atoms with Crippen LogP contribution >= 0.6 is 0 Å². The maximum atomic E-state index is 6.64. The molecule has 0 saturated heterocycles. The molecule has 0 saturated carbocycles. The van der Waals surface area contributed by atoms with Crippen LogP contribution in [0.15, 0.2) is 148 Å². The number of hydrogen-bond donors (Lipinski definition) is 0. The van der Waals surface area contributed by atoms with Crippen LogP contribution < -0.4 is 4.90 Å². The van der Waals surface area contributed by atoms with Gasteiger partial charge in [-0.25, -0.2) is 0 Å². The molecule has 0 amide bonds. The van der Waals surface area contributed by atoms with Crippen molar-refractivity contribution in [1.82, 2.24) is 0 Å². The lowest BCUT2D eigenvalue weighted by molar-refractivity contribution is 0.660. The first kappa shape index (κ1) is 25.5. The van der Waals surface area contributed by atoms with E-state index in [2.05, 4.69) is 146 Å². The summed E-state index contributed by atoms with van der Waals surface area (Å²) in [6.45, 7) is 4.65. The van der Waals surface area contributed by atoms with Gasteiger partial charge in [-0.05, 0) is 76.2 Å². The maximum Gasteiger partial charge on any atom is 0.143 e. The van der Waals surface area contributed by atoms with Gasteiger partial charge in [-0.3, -0.25) is 0 Å². The number of benzene rings is 7. The third kappa shape index (κ3) is 3.43. The molecule has 0 atom stereocenters. The first-order valence-corrected chi connectivity index (χ1v) is 15.9. The van der Waals surface area contributed by atoms with E-state index in [9.17, 15) is 0 Å². The first-order valence-electron chi connectivity index (χ1n) is 15.9. The lowest BCUT2D eigenvalue weighted by atomic mass is 9.82. The molecule has 218 valence electrons. The van der Waals surface area contributed by atoms with E-state index in [1.54, 1.807) is 0 Å². The van der Waals surface area contributed by atoms with Crippen molar-refractivity contribution in [1.29, 1.82) is 0 Å². The van der Waals surface area contributed by atoms with E-state index in [0.717, 1.165) is 66.3 Å². The van der Waals surface area contributed by atoms with Crippen molar-refractivity contribution in [3.05, 3.63) is 151 Å². The Balaban J connectivity index is 1.27. The second-order valence-electron chi connectivity index (χ2n) is 12.9. The van der Waals surface area contributed by atoms with Crippen LogP contribution in [0.4, 0.5) is 17.1 Å². The van der Waals surface area contributed by atoms with Crippen molar-refractivity contribution in [2.24, 2.45) is 0 Å². The molecule has 46 heavy (non-hydrogen) atoms. The van der Waals surface area contributed by atoms with E-state index in [-0.39, 0.29) is 5.41 Å². The lowest BCUT2D eigenvalue weighted by Crippen LogP contribution is -2.15. The molecule has 0 unspecified atom stereocenters. The summed E-state index contributed by atoms with van der Waals surface area (Å²) in [5.41, 5.74) is 12.0. The number of fused-ring (bicyclic) bond motifs is 11. The van der Waals surface area contributed by atoms with E-state index in [4.69, 9.17) is 8.83 Å². The minimum absolute atomic E-state index is 0.0652. The summed E-state index contributed by atoms with van der Waals surface area (Å²) in [6, 6.07) is 49.8. The highest BCUT2D eigenvalue weighted by Crippen LogP contribution is 2.52. The summed E-state index contributed by atoms with van der Waals surface area (Å²) in [4.78, 5) is 2.37. The molecule has 0 radical (unpaired) electrons. The quantitative estimate of drug-likeness (QED) is 0.205. The number of rotatable bonds is 3. The summed E-state index contributed by atoms with van der Waals surface area (Å²) in [6.07, 6.45) is 0. The van der Waals surface area contributed by atoms with E-state index in [0.29, 0.717) is 0 Å². The molecule has 3 heteroatoms. The monoisotopic (exact) mass is 591 g/mol. The van der Waals surface area contributed by atoms with Crippen LogP contribution in [0, 0.1) is 0 Å². The van der Waals surface area contributed by atoms with Crippen molar-refractivity contribution >= 4 is 71.7 Å². The number of para-hydroxylation sites is 1. The largest absolute Gasteiger partial charge is 0.456 e. The highest BCUT2D eigenvalue weighted by molar-refractivity contribution is 6.20. The number of anilines is 3. The zero-order valence-corrected chi connectivity index (χ0v) is 25.5. The fraction of sp³-hybridized carbons (Fsp3) is 0.0698. The van der Waals surface area contributed by atoms with Crippen molar-refractivity contribution in [2.75, 3.05) is 4.90 Å². The third-order valence-electron chi connectivity index (χ3n) is 10.1. The summed E-state index contributed by atoms with van der Waals surface area (Å²) < 4.78 is 13.0. The minimum Gasteiger partial charge on any atom is -0.456 e. The first-order chi connectivity index (χ1) is 22.6. The third-order valence-corrected chi connectivity index (χ3v) is 10.1. The molecule has 0 aliphatic heterocycles. The standard InChI is InChI=1S/C43H29NO2/c1-43(2)35-14-7-5-12-30(35)34-24-27(20-23-36(34)43)44(28-19-22-32-31-13-6-8-16-38(31)45-40(32)25-28)37-15-9-17-39-41(37)33-21-18-26-10-3-4-11-29(26)42(33)46-39/h3-25H,1-2H3. The van der Waals surface area contributed by atoms with E-state index < -0.39 is 0 Å². The molecule has 0 bridgehead atoms. The summed E-state index contributed by atoms with van der Waals surface area (Å²) in [7, 11) is 0. The van der Waals surface area contributed by atoms with Gasteiger partial charge in [0.2, 0.25) is 0 Å². The van der Waals surface area contributed by atoms with Crippen LogP contribution in [0.1, 0.15) is 25.0 Å². The predicted molar refractivity (Wildman–Crippen MR) is 191 cm³/mol. The Morgan fingerprint density at radius 2 is 1.17 bits per heavy atom. The minimum atomic E-state index is -0.0652. The molecule has 1 aliphatic carbocycles. The average molecular weight is 592 g/mol. The van der Waals surface area contributed by atoms with Crippen molar-refractivity contribution < 1.29 is 8.83 Å². The van der Waals surface area contributed by atoms with Gasteiger partial charge < -0.3 is 13.7 Å². The maximum absolute atomic E-state index is 6.64. The SMILES string of the molecule is CC1(C)c2ccccc2-c2cc(N(c3ccc4c(c3)oc3ccccc34)c3cccc4oc5c6ccccc6ccc5c34)ccc21. The summed E-state index contributed by atoms with van der Waals surface area (Å²) >= 11 is 0. The number of furan rings is 2. The van der Waals surface area contributed by atoms with Gasteiger partial charge in [0.25, 0.3) is 0 Å². The molecule has 0 N–H and O–H groups in total. The summed E-state index contributed by atoms with van der Waals surface area (Å²) in [5, 5.41) is 6.72. The van der Waals surface area contributed by atoms with Crippen LogP contribution in [-0.4, -0.2) is 0 Å². The van der Waals surface area contributed by atoms with Gasteiger partial charge >= 0.3 is 0 Å². The molecule has 9 aromatic rings. The second-order valence-corrected chi connectivity index (χ2v) is 12.9. The van der Waals surface area contributed by atoms with E-state index in [1.165, 1.54) is 27.6 Å². The Morgan fingerprint density at radius 3 is 2.11 bits per heavy atom. The van der Waals surface area contributed by atoms with Gasteiger partial charge in [0.05, 0.1) is 11.1 Å². The predicted octanol–water partition coefficient (Wildman–Crippen LogP) is 12.4. The Kier molecular flexibility index (Phi) is 5.06. The van der Waals surface area contributed by atoms with Crippen LogP contribution in [-0.2, 0) is 5.41 Å². The van der Waals surface area contributed by atoms with E-state index in [1.807, 2.05) is 12.1 Å². The van der Waals surface area contributed by atoms with Gasteiger partial charge in [-0.2, -0.15) is 0 Å². The molecule has 1 aliphatic rings. The molecule has 2 heterocycles. The zero-order valence-electron chi connectivity index (χ0n) is 25.5. The molecule has 10 rings (SSSR count). The van der Waals surface area contributed by atoms with Crippen molar-refractivity contribution in [3.8, 4) is 11.1 Å². The highest BCUT2D eigenvalue weighted by atomic mass is 16.3. The van der Waals surface area contributed by atoms with Gasteiger partial charge in [-0.1, -0.05) is 98.8 Å². The fourth-order valence-corrected chi connectivity index (χ4v) is 7.85. The van der Waals surface area contributed by atoms with Gasteiger partial charge in [0.1, 0.15) is 22.3 Å². The second kappa shape index (κ2) is 9.12. The van der Waals surface area contributed by atoms with Crippen LogP contribution in [0.5, 0.6) is 0 Å². The smallest absolute Gasteiger partial charge is 0.143 e. The van der Waals surface area contributed by atoms with E-state index >= 15 is 0 Å². The molecule has 7 aromatic carbocycles. The van der Waals surface area contributed by atoms with Gasteiger partial charge in [0.15, 0.2) is 0 Å². The normalized spacial score (nSPS) is 13.6. The molecule has 2 aromatic heterocycles. The Morgan fingerprint density at radius 1 is 0.478 bits per heavy atom. The molecule has 3 nitrogen and oxygen atoms in total. The fourth-order valence-electron chi connectivity index (χ4n) is 7.85. The molecule has 0 spiro atoms. The van der Waals surface area contributed by atoms with Crippen molar-refractivity contribution in [2.45, 2.75) is 19.3 Å². The van der Waals surface area contributed by atoms with Gasteiger partial charge in [0, 0.05) is 44.4 Å².